The average Bonchev–Trinajstić information content (AvgIpc) is 2.44. The first-order valence-electron chi connectivity index (χ1n) is 8.44. The van der Waals surface area contributed by atoms with Crippen LogP contribution in [0.2, 0.25) is 0 Å². The van der Waals surface area contributed by atoms with E-state index in [1.165, 1.54) is 25.8 Å². The number of rotatable bonds is 5. The predicted molar refractivity (Wildman–Crippen MR) is 82.7 cm³/mol. The third-order valence-corrected chi connectivity index (χ3v) is 4.83. The molecule has 2 rings (SSSR count). The number of amides is 1. The molecule has 4 nitrogen and oxygen atoms in total. The van der Waals surface area contributed by atoms with Crippen LogP contribution in [0.4, 0.5) is 0 Å². The lowest BCUT2D eigenvalue weighted by Gasteiger charge is -2.33. The summed E-state index contributed by atoms with van der Waals surface area (Å²) in [6, 6.07) is 0.776. The van der Waals surface area contributed by atoms with Crippen LogP contribution in [-0.4, -0.2) is 49.1 Å². The molecule has 2 saturated heterocycles. The standard InChI is InChI=1S/C16H31N3O/c1-3-9-19-10-6-14(7-11-19)18-16(20)12-15-13(2)5-4-8-17-15/h13-15,17H,3-12H2,1-2H3,(H,18,20). The molecule has 4 heteroatoms. The van der Waals surface area contributed by atoms with Crippen molar-refractivity contribution in [2.24, 2.45) is 5.92 Å². The molecule has 0 saturated carbocycles. The van der Waals surface area contributed by atoms with Crippen LogP contribution in [-0.2, 0) is 4.79 Å². The van der Waals surface area contributed by atoms with Crippen LogP contribution in [0.3, 0.4) is 0 Å². The van der Waals surface area contributed by atoms with Gasteiger partial charge in [-0.3, -0.25) is 4.79 Å². The van der Waals surface area contributed by atoms with Gasteiger partial charge in [-0.05, 0) is 51.1 Å². The Labute approximate surface area is 123 Å². The highest BCUT2D eigenvalue weighted by Gasteiger charge is 2.25. The van der Waals surface area contributed by atoms with Crippen molar-refractivity contribution in [2.45, 2.75) is 64.5 Å². The van der Waals surface area contributed by atoms with Crippen molar-refractivity contribution in [3.05, 3.63) is 0 Å². The summed E-state index contributed by atoms with van der Waals surface area (Å²) in [4.78, 5) is 14.7. The van der Waals surface area contributed by atoms with Gasteiger partial charge in [-0.25, -0.2) is 0 Å². The molecule has 2 unspecified atom stereocenters. The maximum absolute atomic E-state index is 12.2. The monoisotopic (exact) mass is 281 g/mol. The normalized spacial score (nSPS) is 29.3. The van der Waals surface area contributed by atoms with E-state index in [0.29, 0.717) is 24.4 Å². The van der Waals surface area contributed by atoms with Gasteiger partial charge in [0.05, 0.1) is 0 Å². The van der Waals surface area contributed by atoms with Gasteiger partial charge >= 0.3 is 0 Å². The van der Waals surface area contributed by atoms with Crippen molar-refractivity contribution in [3.8, 4) is 0 Å². The molecular formula is C16H31N3O. The predicted octanol–water partition coefficient (Wildman–Crippen LogP) is 1.76. The van der Waals surface area contributed by atoms with Crippen molar-refractivity contribution < 1.29 is 4.79 Å². The lowest BCUT2D eigenvalue weighted by molar-refractivity contribution is -0.123. The Hall–Kier alpha value is -0.610. The van der Waals surface area contributed by atoms with E-state index in [9.17, 15) is 4.79 Å². The summed E-state index contributed by atoms with van der Waals surface area (Å²) >= 11 is 0. The highest BCUT2D eigenvalue weighted by Crippen LogP contribution is 2.18. The van der Waals surface area contributed by atoms with Crippen LogP contribution in [0, 0.1) is 5.92 Å². The van der Waals surface area contributed by atoms with Gasteiger partial charge in [0.2, 0.25) is 5.91 Å². The topological polar surface area (TPSA) is 44.4 Å². The molecule has 0 radical (unpaired) electrons. The molecule has 0 spiro atoms. The van der Waals surface area contributed by atoms with E-state index in [4.69, 9.17) is 0 Å². The fourth-order valence-electron chi connectivity index (χ4n) is 3.49. The molecular weight excluding hydrogens is 250 g/mol. The molecule has 2 aliphatic heterocycles. The maximum Gasteiger partial charge on any atom is 0.221 e. The second kappa shape index (κ2) is 7.99. The van der Waals surface area contributed by atoms with Crippen LogP contribution in [0.5, 0.6) is 0 Å². The number of hydrogen-bond acceptors (Lipinski definition) is 3. The minimum Gasteiger partial charge on any atom is -0.353 e. The van der Waals surface area contributed by atoms with Crippen LogP contribution >= 0.6 is 0 Å². The highest BCUT2D eigenvalue weighted by molar-refractivity contribution is 5.77. The Balaban J connectivity index is 1.67. The third kappa shape index (κ3) is 4.74. The highest BCUT2D eigenvalue weighted by atomic mass is 16.1. The first-order valence-corrected chi connectivity index (χ1v) is 8.44. The van der Waals surface area contributed by atoms with Crippen molar-refractivity contribution in [2.75, 3.05) is 26.2 Å². The van der Waals surface area contributed by atoms with Crippen molar-refractivity contribution in [1.29, 1.82) is 0 Å². The van der Waals surface area contributed by atoms with Crippen LogP contribution in [0.1, 0.15) is 52.4 Å². The van der Waals surface area contributed by atoms with Crippen molar-refractivity contribution in [3.63, 3.8) is 0 Å². The minimum absolute atomic E-state index is 0.241. The molecule has 2 heterocycles. The Morgan fingerprint density at radius 3 is 2.70 bits per heavy atom. The summed E-state index contributed by atoms with van der Waals surface area (Å²) in [6.07, 6.45) is 6.59. The molecule has 0 aromatic carbocycles. The zero-order valence-electron chi connectivity index (χ0n) is 13.2. The number of carbonyl (C=O) groups excluding carboxylic acids is 1. The number of carbonyl (C=O) groups is 1. The molecule has 2 aliphatic rings. The number of likely N-dealkylation sites (tertiary alicyclic amines) is 1. The Morgan fingerprint density at radius 1 is 1.30 bits per heavy atom. The van der Waals surface area contributed by atoms with E-state index < -0.39 is 0 Å². The molecule has 116 valence electrons. The summed E-state index contributed by atoms with van der Waals surface area (Å²) in [7, 11) is 0. The van der Waals surface area contributed by atoms with Crippen LogP contribution in [0.15, 0.2) is 0 Å². The fourth-order valence-corrected chi connectivity index (χ4v) is 3.49. The smallest absolute Gasteiger partial charge is 0.221 e. The molecule has 0 aliphatic carbocycles. The van der Waals surface area contributed by atoms with E-state index in [1.807, 2.05) is 0 Å². The molecule has 2 atom stereocenters. The van der Waals surface area contributed by atoms with Gasteiger partial charge in [0.1, 0.15) is 0 Å². The third-order valence-electron chi connectivity index (χ3n) is 4.83. The van der Waals surface area contributed by atoms with E-state index in [0.717, 1.165) is 32.5 Å². The molecule has 0 bridgehead atoms. The van der Waals surface area contributed by atoms with Crippen LogP contribution in [0.25, 0.3) is 0 Å². The van der Waals surface area contributed by atoms with Gasteiger partial charge in [0, 0.05) is 31.6 Å². The average molecular weight is 281 g/mol. The second-order valence-electron chi connectivity index (χ2n) is 6.57. The molecule has 0 aromatic rings. The summed E-state index contributed by atoms with van der Waals surface area (Å²) < 4.78 is 0. The van der Waals surface area contributed by atoms with Gasteiger partial charge in [-0.15, -0.1) is 0 Å². The van der Waals surface area contributed by atoms with Gasteiger partial charge in [0.15, 0.2) is 0 Å². The molecule has 20 heavy (non-hydrogen) atoms. The number of nitrogens with one attached hydrogen (secondary N) is 2. The Morgan fingerprint density at radius 2 is 2.05 bits per heavy atom. The Kier molecular flexibility index (Phi) is 6.30. The minimum atomic E-state index is 0.241. The van der Waals surface area contributed by atoms with E-state index in [1.54, 1.807) is 0 Å². The van der Waals surface area contributed by atoms with E-state index in [-0.39, 0.29) is 5.91 Å². The summed E-state index contributed by atoms with van der Waals surface area (Å²) in [5.41, 5.74) is 0. The lowest BCUT2D eigenvalue weighted by atomic mass is 9.90. The zero-order valence-corrected chi connectivity index (χ0v) is 13.2. The Bertz CT molecular complexity index is 300. The summed E-state index contributed by atoms with van der Waals surface area (Å²) in [5.74, 6) is 0.867. The quantitative estimate of drug-likeness (QED) is 0.807. The first kappa shape index (κ1) is 15.8. The maximum atomic E-state index is 12.2. The molecule has 2 fully saturated rings. The summed E-state index contributed by atoms with van der Waals surface area (Å²) in [5, 5.41) is 6.74. The lowest BCUT2D eigenvalue weighted by Crippen LogP contribution is -2.48. The number of hydrogen-bond donors (Lipinski definition) is 2. The van der Waals surface area contributed by atoms with Gasteiger partial charge < -0.3 is 15.5 Å². The number of piperidine rings is 2. The number of nitrogens with zero attached hydrogens (tertiary/aromatic N) is 1. The zero-order chi connectivity index (χ0) is 14.4. The molecule has 2 N–H and O–H groups in total. The second-order valence-corrected chi connectivity index (χ2v) is 6.57. The van der Waals surface area contributed by atoms with Crippen molar-refractivity contribution >= 4 is 5.91 Å². The summed E-state index contributed by atoms with van der Waals surface area (Å²) in [6.45, 7) is 9.02. The van der Waals surface area contributed by atoms with Gasteiger partial charge in [-0.1, -0.05) is 13.8 Å². The van der Waals surface area contributed by atoms with E-state index in [2.05, 4.69) is 29.4 Å². The van der Waals surface area contributed by atoms with Gasteiger partial charge in [-0.2, -0.15) is 0 Å². The fraction of sp³-hybridized carbons (Fsp3) is 0.938. The largest absolute Gasteiger partial charge is 0.353 e. The van der Waals surface area contributed by atoms with E-state index >= 15 is 0 Å². The SMILES string of the molecule is CCCN1CCC(NC(=O)CC2NCCCC2C)CC1. The molecule has 0 aromatic heterocycles. The van der Waals surface area contributed by atoms with Crippen LogP contribution < -0.4 is 10.6 Å². The first-order chi connectivity index (χ1) is 9.69. The van der Waals surface area contributed by atoms with Crippen molar-refractivity contribution in [1.82, 2.24) is 15.5 Å². The van der Waals surface area contributed by atoms with Gasteiger partial charge in [0.25, 0.3) is 0 Å². The molecule has 1 amide bonds.